The van der Waals surface area contributed by atoms with Crippen LogP contribution in [-0.2, 0) is 26.6 Å². The lowest BCUT2D eigenvalue weighted by atomic mass is 10.00. The number of nitrogens with two attached hydrogens (primary N) is 1. The normalized spacial score (nSPS) is 12.1. The average Bonchev–Trinajstić information content (AvgIpc) is 2.56. The van der Waals surface area contributed by atoms with Gasteiger partial charge in [-0.1, -0.05) is 75.8 Å². The zero-order valence-electron chi connectivity index (χ0n) is 15.0. The third-order valence-electron chi connectivity index (χ3n) is 4.10. The van der Waals surface area contributed by atoms with Gasteiger partial charge in [-0.2, -0.15) is 18.6 Å². The SMILES string of the molecule is C/C=C/c1cc(CCCCCCCCC)ccc1CS(=O)(=O)ON. The fourth-order valence-corrected chi connectivity index (χ4v) is 3.49. The van der Waals surface area contributed by atoms with Crippen molar-refractivity contribution in [1.82, 2.24) is 0 Å². The van der Waals surface area contributed by atoms with Crippen molar-refractivity contribution in [2.24, 2.45) is 5.90 Å². The molecule has 1 rings (SSSR count). The molecule has 5 heteroatoms. The van der Waals surface area contributed by atoms with Crippen LogP contribution in [0.3, 0.4) is 0 Å². The molecule has 24 heavy (non-hydrogen) atoms. The molecule has 1 aromatic rings. The Morgan fingerprint density at radius 2 is 1.75 bits per heavy atom. The standard InChI is InChI=1S/C19H31NO3S/c1-3-5-6-7-8-9-10-12-17-13-14-19(16-24(21,22)23-20)18(15-17)11-4-2/h4,11,13-15H,3,5-10,12,16,20H2,1-2H3/b11-4+. The Labute approximate surface area is 147 Å². The van der Waals surface area contributed by atoms with Crippen LogP contribution in [0, 0.1) is 0 Å². The molecule has 0 saturated heterocycles. The first-order valence-corrected chi connectivity index (χ1v) is 10.5. The van der Waals surface area contributed by atoms with Crippen LogP contribution < -0.4 is 5.90 Å². The molecule has 136 valence electrons. The van der Waals surface area contributed by atoms with Crippen LogP contribution in [0.15, 0.2) is 24.3 Å². The van der Waals surface area contributed by atoms with Gasteiger partial charge >= 0.3 is 0 Å². The van der Waals surface area contributed by atoms with Crippen molar-refractivity contribution in [2.45, 2.75) is 71.0 Å². The highest BCUT2D eigenvalue weighted by molar-refractivity contribution is 7.85. The van der Waals surface area contributed by atoms with Crippen molar-refractivity contribution in [3.05, 3.63) is 41.0 Å². The van der Waals surface area contributed by atoms with Gasteiger partial charge in [0.15, 0.2) is 0 Å². The highest BCUT2D eigenvalue weighted by atomic mass is 32.2. The van der Waals surface area contributed by atoms with Crippen molar-refractivity contribution in [2.75, 3.05) is 0 Å². The molecule has 0 aliphatic rings. The van der Waals surface area contributed by atoms with Gasteiger partial charge in [-0.25, -0.2) is 0 Å². The summed E-state index contributed by atoms with van der Waals surface area (Å²) in [5.74, 6) is 4.62. The molecule has 2 N–H and O–H groups in total. The molecule has 0 spiro atoms. The summed E-state index contributed by atoms with van der Waals surface area (Å²) in [4.78, 5) is 0. The zero-order valence-corrected chi connectivity index (χ0v) is 15.8. The Morgan fingerprint density at radius 3 is 2.38 bits per heavy atom. The maximum atomic E-state index is 11.6. The molecule has 0 radical (unpaired) electrons. The van der Waals surface area contributed by atoms with E-state index in [4.69, 9.17) is 5.90 Å². The summed E-state index contributed by atoms with van der Waals surface area (Å²) >= 11 is 0. The number of rotatable bonds is 12. The molecule has 1 aromatic carbocycles. The lowest BCUT2D eigenvalue weighted by Crippen LogP contribution is -2.13. The Hall–Kier alpha value is -1.17. The van der Waals surface area contributed by atoms with Gasteiger partial charge in [0, 0.05) is 0 Å². The van der Waals surface area contributed by atoms with E-state index >= 15 is 0 Å². The fraction of sp³-hybridized carbons (Fsp3) is 0.579. The summed E-state index contributed by atoms with van der Waals surface area (Å²) in [5, 5.41) is 0. The summed E-state index contributed by atoms with van der Waals surface area (Å²) in [6.45, 7) is 4.15. The van der Waals surface area contributed by atoms with Gasteiger partial charge in [-0.05, 0) is 36.5 Å². The minimum absolute atomic E-state index is 0.207. The number of aryl methyl sites for hydroxylation is 1. The van der Waals surface area contributed by atoms with E-state index in [1.807, 2.05) is 31.2 Å². The minimum atomic E-state index is -3.71. The largest absolute Gasteiger partial charge is 0.287 e. The number of hydrogen-bond acceptors (Lipinski definition) is 4. The van der Waals surface area contributed by atoms with Gasteiger partial charge in [0.05, 0.1) is 0 Å². The average molecular weight is 354 g/mol. The molecule has 0 atom stereocenters. The van der Waals surface area contributed by atoms with E-state index in [1.165, 1.54) is 50.5 Å². The summed E-state index contributed by atoms with van der Waals surface area (Å²) in [5.41, 5.74) is 2.87. The summed E-state index contributed by atoms with van der Waals surface area (Å²) < 4.78 is 27.2. The minimum Gasteiger partial charge on any atom is -0.198 e. The molecule has 0 fully saturated rings. The quantitative estimate of drug-likeness (QED) is 0.435. The third-order valence-corrected chi connectivity index (χ3v) is 5.06. The predicted octanol–water partition coefficient (Wildman–Crippen LogP) is 4.73. The second-order valence-electron chi connectivity index (χ2n) is 6.20. The summed E-state index contributed by atoms with van der Waals surface area (Å²) in [7, 11) is -3.71. The monoisotopic (exact) mass is 353 g/mol. The van der Waals surface area contributed by atoms with E-state index in [-0.39, 0.29) is 5.75 Å². The lowest BCUT2D eigenvalue weighted by Gasteiger charge is -2.09. The Balaban J connectivity index is 2.59. The maximum absolute atomic E-state index is 11.6. The van der Waals surface area contributed by atoms with Gasteiger partial charge in [0.2, 0.25) is 0 Å². The molecular weight excluding hydrogens is 322 g/mol. The Morgan fingerprint density at radius 1 is 1.08 bits per heavy atom. The first kappa shape index (κ1) is 20.9. The van der Waals surface area contributed by atoms with E-state index < -0.39 is 10.1 Å². The highest BCUT2D eigenvalue weighted by Crippen LogP contribution is 2.19. The molecule has 0 bridgehead atoms. The van der Waals surface area contributed by atoms with Crippen molar-refractivity contribution in [1.29, 1.82) is 0 Å². The van der Waals surface area contributed by atoms with Crippen LogP contribution in [0.4, 0.5) is 0 Å². The van der Waals surface area contributed by atoms with Gasteiger partial charge in [0.1, 0.15) is 5.75 Å². The van der Waals surface area contributed by atoms with Gasteiger partial charge in [0.25, 0.3) is 10.1 Å². The molecule has 0 aliphatic carbocycles. The summed E-state index contributed by atoms with van der Waals surface area (Å²) in [6, 6.07) is 5.94. The Kier molecular flexibility index (Phi) is 9.91. The number of allylic oxidation sites excluding steroid dienone is 1. The van der Waals surface area contributed by atoms with E-state index in [1.54, 1.807) is 0 Å². The van der Waals surface area contributed by atoms with Crippen LogP contribution in [-0.4, -0.2) is 8.42 Å². The first-order chi connectivity index (χ1) is 11.5. The van der Waals surface area contributed by atoms with Crippen molar-refractivity contribution in [3.8, 4) is 0 Å². The molecular formula is C19H31NO3S. The smallest absolute Gasteiger partial charge is 0.198 e. The van der Waals surface area contributed by atoms with E-state index in [0.29, 0.717) is 5.56 Å². The van der Waals surface area contributed by atoms with Crippen LogP contribution in [0.5, 0.6) is 0 Å². The van der Waals surface area contributed by atoms with Crippen molar-refractivity contribution in [3.63, 3.8) is 0 Å². The Bertz CT molecular complexity index is 609. The van der Waals surface area contributed by atoms with Gasteiger partial charge < -0.3 is 0 Å². The van der Waals surface area contributed by atoms with E-state index in [0.717, 1.165) is 12.0 Å². The predicted molar refractivity (Wildman–Crippen MR) is 101 cm³/mol. The molecule has 4 nitrogen and oxygen atoms in total. The second-order valence-corrected chi connectivity index (χ2v) is 7.80. The van der Waals surface area contributed by atoms with Gasteiger partial charge in [-0.3, -0.25) is 0 Å². The molecule has 0 heterocycles. The van der Waals surface area contributed by atoms with Crippen LogP contribution in [0.25, 0.3) is 6.08 Å². The number of benzene rings is 1. The summed E-state index contributed by atoms with van der Waals surface area (Å²) in [6.07, 6.45) is 13.9. The number of hydrogen-bond donors (Lipinski definition) is 1. The first-order valence-electron chi connectivity index (χ1n) is 8.88. The van der Waals surface area contributed by atoms with Gasteiger partial charge in [-0.15, -0.1) is 0 Å². The lowest BCUT2D eigenvalue weighted by molar-refractivity contribution is 0.332. The van der Waals surface area contributed by atoms with Crippen LogP contribution >= 0.6 is 0 Å². The molecule has 0 aromatic heterocycles. The molecule has 0 amide bonds. The molecule has 0 unspecified atom stereocenters. The van der Waals surface area contributed by atoms with E-state index in [9.17, 15) is 8.42 Å². The molecule has 0 saturated carbocycles. The zero-order chi connectivity index (χ0) is 17.8. The highest BCUT2D eigenvalue weighted by Gasteiger charge is 2.13. The maximum Gasteiger partial charge on any atom is 0.287 e. The van der Waals surface area contributed by atoms with Crippen molar-refractivity contribution >= 4 is 16.2 Å². The fourth-order valence-electron chi connectivity index (χ4n) is 2.78. The van der Waals surface area contributed by atoms with Crippen LogP contribution in [0.2, 0.25) is 0 Å². The topological polar surface area (TPSA) is 69.4 Å². The van der Waals surface area contributed by atoms with Crippen LogP contribution in [0.1, 0.15) is 75.5 Å². The van der Waals surface area contributed by atoms with Crippen molar-refractivity contribution < 1.29 is 12.7 Å². The van der Waals surface area contributed by atoms with E-state index in [2.05, 4.69) is 17.3 Å². The molecule has 0 aliphatic heterocycles. The third kappa shape index (κ3) is 8.08. The number of unbranched alkanes of at least 4 members (excludes halogenated alkanes) is 6. The second kappa shape index (κ2) is 11.4.